The van der Waals surface area contributed by atoms with Gasteiger partial charge in [-0.2, -0.15) is 0 Å². The first-order valence-corrected chi connectivity index (χ1v) is 7.68. The van der Waals surface area contributed by atoms with E-state index >= 15 is 0 Å². The van der Waals surface area contributed by atoms with Crippen molar-refractivity contribution in [3.05, 3.63) is 32.8 Å². The van der Waals surface area contributed by atoms with E-state index in [-0.39, 0.29) is 6.10 Å². The number of aliphatic hydroxyl groups is 1. The standard InChI is InChI=1S/C14H20BrClN2O/c1-18(2)8-10(19)7-17-14-4-3-11-12(14)5-9(16)6-13(11)15/h5-6,10,14,17,19H,3-4,7-8H2,1-2H3. The van der Waals surface area contributed by atoms with Crippen molar-refractivity contribution in [1.29, 1.82) is 0 Å². The van der Waals surface area contributed by atoms with Gasteiger partial charge in [0, 0.05) is 28.6 Å². The Morgan fingerprint density at radius 2 is 2.26 bits per heavy atom. The first kappa shape index (κ1) is 15.3. The monoisotopic (exact) mass is 346 g/mol. The molecule has 0 heterocycles. The van der Waals surface area contributed by atoms with Gasteiger partial charge in [-0.15, -0.1) is 0 Å². The zero-order valence-electron chi connectivity index (χ0n) is 11.3. The van der Waals surface area contributed by atoms with Gasteiger partial charge in [0.25, 0.3) is 0 Å². The molecule has 2 unspecified atom stereocenters. The van der Waals surface area contributed by atoms with Crippen molar-refractivity contribution < 1.29 is 5.11 Å². The van der Waals surface area contributed by atoms with Gasteiger partial charge in [-0.1, -0.05) is 27.5 Å². The molecular formula is C14H20BrClN2O. The highest BCUT2D eigenvalue weighted by molar-refractivity contribution is 9.10. The van der Waals surface area contributed by atoms with E-state index in [1.54, 1.807) is 0 Å². The average Bonchev–Trinajstić information content (AvgIpc) is 2.68. The molecule has 3 nitrogen and oxygen atoms in total. The summed E-state index contributed by atoms with van der Waals surface area (Å²) in [7, 11) is 3.93. The van der Waals surface area contributed by atoms with Crippen LogP contribution in [0.4, 0.5) is 0 Å². The molecule has 0 radical (unpaired) electrons. The van der Waals surface area contributed by atoms with Crippen molar-refractivity contribution in [3.63, 3.8) is 0 Å². The van der Waals surface area contributed by atoms with Crippen LogP contribution in [0, 0.1) is 0 Å². The van der Waals surface area contributed by atoms with Gasteiger partial charge in [0.15, 0.2) is 0 Å². The second-order valence-electron chi connectivity index (χ2n) is 5.37. The zero-order valence-corrected chi connectivity index (χ0v) is 13.6. The minimum Gasteiger partial charge on any atom is -0.390 e. The highest BCUT2D eigenvalue weighted by Crippen LogP contribution is 2.37. The Balaban J connectivity index is 1.99. The SMILES string of the molecule is CN(C)CC(O)CNC1CCc2c(Br)cc(Cl)cc21. The van der Waals surface area contributed by atoms with Crippen LogP contribution in [-0.4, -0.2) is 43.3 Å². The summed E-state index contributed by atoms with van der Waals surface area (Å²) < 4.78 is 1.09. The third-order valence-electron chi connectivity index (χ3n) is 3.43. The first-order valence-electron chi connectivity index (χ1n) is 6.51. The molecule has 19 heavy (non-hydrogen) atoms. The minimum atomic E-state index is -0.346. The van der Waals surface area contributed by atoms with Crippen LogP contribution in [0.5, 0.6) is 0 Å². The molecule has 2 atom stereocenters. The summed E-state index contributed by atoms with van der Waals surface area (Å²) in [5.74, 6) is 0. The van der Waals surface area contributed by atoms with E-state index in [9.17, 15) is 5.11 Å². The summed E-state index contributed by atoms with van der Waals surface area (Å²) in [6, 6.07) is 4.27. The van der Waals surface area contributed by atoms with Crippen LogP contribution in [0.2, 0.25) is 5.02 Å². The molecule has 1 aromatic rings. The van der Waals surface area contributed by atoms with Gasteiger partial charge in [0.2, 0.25) is 0 Å². The lowest BCUT2D eigenvalue weighted by Crippen LogP contribution is -2.36. The fraction of sp³-hybridized carbons (Fsp3) is 0.571. The molecule has 0 bridgehead atoms. The molecule has 1 aromatic carbocycles. The molecule has 0 saturated carbocycles. The predicted octanol–water partition coefficient (Wildman–Crippen LogP) is 2.60. The Hall–Kier alpha value is -0.130. The van der Waals surface area contributed by atoms with Crippen LogP contribution in [-0.2, 0) is 6.42 Å². The molecule has 0 saturated heterocycles. The van der Waals surface area contributed by atoms with Gasteiger partial charge < -0.3 is 15.3 Å². The van der Waals surface area contributed by atoms with Gasteiger partial charge >= 0.3 is 0 Å². The smallest absolute Gasteiger partial charge is 0.0791 e. The molecule has 5 heteroatoms. The maximum Gasteiger partial charge on any atom is 0.0791 e. The van der Waals surface area contributed by atoms with E-state index < -0.39 is 0 Å². The number of aliphatic hydroxyl groups excluding tert-OH is 1. The summed E-state index contributed by atoms with van der Waals surface area (Å²) in [6.07, 6.45) is 1.76. The van der Waals surface area contributed by atoms with Crippen molar-refractivity contribution in [2.24, 2.45) is 0 Å². The Morgan fingerprint density at radius 1 is 1.53 bits per heavy atom. The van der Waals surface area contributed by atoms with E-state index in [0.717, 1.165) is 22.3 Å². The van der Waals surface area contributed by atoms with Crippen molar-refractivity contribution in [1.82, 2.24) is 10.2 Å². The van der Waals surface area contributed by atoms with Gasteiger partial charge in [0.05, 0.1) is 6.10 Å². The molecule has 1 aliphatic rings. The molecule has 2 N–H and O–H groups in total. The quantitative estimate of drug-likeness (QED) is 0.859. The van der Waals surface area contributed by atoms with Crippen molar-refractivity contribution in [2.75, 3.05) is 27.2 Å². The number of hydrogen-bond acceptors (Lipinski definition) is 3. The molecule has 0 amide bonds. The number of nitrogens with one attached hydrogen (secondary N) is 1. The summed E-state index contributed by atoms with van der Waals surface area (Å²) in [6.45, 7) is 1.28. The Morgan fingerprint density at radius 3 is 2.95 bits per heavy atom. The fourth-order valence-corrected chi connectivity index (χ4v) is 3.65. The van der Waals surface area contributed by atoms with Crippen molar-refractivity contribution in [3.8, 4) is 0 Å². The van der Waals surface area contributed by atoms with Gasteiger partial charge in [-0.05, 0) is 50.2 Å². The van der Waals surface area contributed by atoms with E-state index in [4.69, 9.17) is 11.6 Å². The summed E-state index contributed by atoms with van der Waals surface area (Å²) in [4.78, 5) is 1.99. The van der Waals surface area contributed by atoms with Crippen LogP contribution in [0.15, 0.2) is 16.6 Å². The minimum absolute atomic E-state index is 0.293. The lowest BCUT2D eigenvalue weighted by atomic mass is 10.1. The van der Waals surface area contributed by atoms with Gasteiger partial charge in [-0.3, -0.25) is 0 Å². The van der Waals surface area contributed by atoms with Crippen LogP contribution in [0.25, 0.3) is 0 Å². The number of likely N-dealkylation sites (N-methyl/N-ethyl adjacent to an activating group) is 1. The van der Waals surface area contributed by atoms with Crippen molar-refractivity contribution in [2.45, 2.75) is 25.0 Å². The number of hydrogen-bond donors (Lipinski definition) is 2. The summed E-state index contributed by atoms with van der Waals surface area (Å²) in [5, 5.41) is 14.1. The molecule has 106 valence electrons. The number of halogens is 2. The molecule has 0 spiro atoms. The largest absolute Gasteiger partial charge is 0.390 e. The first-order chi connectivity index (χ1) is 8.97. The second kappa shape index (κ2) is 6.55. The van der Waals surface area contributed by atoms with Gasteiger partial charge in [0.1, 0.15) is 0 Å². The van der Waals surface area contributed by atoms with Crippen molar-refractivity contribution >= 4 is 27.5 Å². The van der Waals surface area contributed by atoms with Crippen LogP contribution < -0.4 is 5.32 Å². The topological polar surface area (TPSA) is 35.5 Å². The number of benzene rings is 1. The zero-order chi connectivity index (χ0) is 14.0. The van der Waals surface area contributed by atoms with E-state index in [2.05, 4.69) is 21.2 Å². The van der Waals surface area contributed by atoms with Gasteiger partial charge in [-0.25, -0.2) is 0 Å². The molecule has 0 fully saturated rings. The normalized spacial score (nSPS) is 19.8. The van der Waals surface area contributed by atoms with E-state index in [0.29, 0.717) is 19.1 Å². The summed E-state index contributed by atoms with van der Waals surface area (Å²) >= 11 is 9.68. The molecule has 0 aromatic heterocycles. The average molecular weight is 348 g/mol. The Labute approximate surface area is 128 Å². The van der Waals surface area contributed by atoms with E-state index in [1.165, 1.54) is 11.1 Å². The van der Waals surface area contributed by atoms with Crippen LogP contribution >= 0.6 is 27.5 Å². The Bertz CT molecular complexity index is 453. The highest BCUT2D eigenvalue weighted by atomic mass is 79.9. The molecule has 2 rings (SSSR count). The lowest BCUT2D eigenvalue weighted by Gasteiger charge is -2.20. The number of fused-ring (bicyclic) bond motifs is 1. The number of rotatable bonds is 5. The van der Waals surface area contributed by atoms with E-state index in [1.807, 2.05) is 31.1 Å². The lowest BCUT2D eigenvalue weighted by molar-refractivity contribution is 0.131. The molecular weight excluding hydrogens is 328 g/mol. The maximum absolute atomic E-state index is 9.90. The fourth-order valence-electron chi connectivity index (χ4n) is 2.62. The summed E-state index contributed by atoms with van der Waals surface area (Å²) in [5.41, 5.74) is 2.60. The third-order valence-corrected chi connectivity index (χ3v) is 4.35. The Kier molecular flexibility index (Phi) is 5.26. The number of nitrogens with zero attached hydrogens (tertiary/aromatic N) is 1. The molecule has 0 aliphatic heterocycles. The molecule has 1 aliphatic carbocycles. The third kappa shape index (κ3) is 3.92. The van der Waals surface area contributed by atoms with Crippen LogP contribution in [0.3, 0.4) is 0 Å². The second-order valence-corrected chi connectivity index (χ2v) is 6.66. The predicted molar refractivity (Wildman–Crippen MR) is 82.8 cm³/mol. The maximum atomic E-state index is 9.90. The highest BCUT2D eigenvalue weighted by Gasteiger charge is 2.25. The van der Waals surface area contributed by atoms with Crippen LogP contribution in [0.1, 0.15) is 23.6 Å².